The van der Waals surface area contributed by atoms with E-state index < -0.39 is 0 Å². The predicted octanol–water partition coefficient (Wildman–Crippen LogP) is 3.64. The fraction of sp³-hybridized carbons (Fsp3) is 0.438. The van der Waals surface area contributed by atoms with Crippen LogP contribution in [0.4, 0.5) is 5.69 Å². The number of anilines is 1. The van der Waals surface area contributed by atoms with Crippen molar-refractivity contribution in [2.75, 3.05) is 25.5 Å². The van der Waals surface area contributed by atoms with Gasteiger partial charge in [-0.15, -0.1) is 11.3 Å². The SMILES string of the molecule is CCCNc1ccnc(CN(C)CCc2cccs2)c1. The second-order valence-corrected chi connectivity index (χ2v) is 6.06. The maximum Gasteiger partial charge on any atom is 0.0564 e. The number of nitrogens with zero attached hydrogens (tertiary/aromatic N) is 2. The van der Waals surface area contributed by atoms with Crippen LogP contribution in [0, 0.1) is 0 Å². The van der Waals surface area contributed by atoms with Crippen LogP contribution in [0.5, 0.6) is 0 Å². The van der Waals surface area contributed by atoms with Crippen molar-refractivity contribution in [3.63, 3.8) is 0 Å². The van der Waals surface area contributed by atoms with Crippen LogP contribution in [-0.2, 0) is 13.0 Å². The molecule has 3 nitrogen and oxygen atoms in total. The van der Waals surface area contributed by atoms with Crippen LogP contribution in [0.1, 0.15) is 23.9 Å². The Bertz CT molecular complexity index is 496. The Labute approximate surface area is 125 Å². The summed E-state index contributed by atoms with van der Waals surface area (Å²) in [5.41, 5.74) is 2.29. The van der Waals surface area contributed by atoms with E-state index in [4.69, 9.17) is 0 Å². The zero-order chi connectivity index (χ0) is 14.2. The van der Waals surface area contributed by atoms with Crippen LogP contribution in [0.3, 0.4) is 0 Å². The zero-order valence-electron chi connectivity index (χ0n) is 12.3. The van der Waals surface area contributed by atoms with E-state index >= 15 is 0 Å². The topological polar surface area (TPSA) is 28.2 Å². The lowest BCUT2D eigenvalue weighted by Crippen LogP contribution is -2.21. The van der Waals surface area contributed by atoms with E-state index in [1.54, 1.807) is 0 Å². The van der Waals surface area contributed by atoms with E-state index in [-0.39, 0.29) is 0 Å². The average molecular weight is 289 g/mol. The maximum atomic E-state index is 4.45. The number of thiophene rings is 1. The van der Waals surface area contributed by atoms with Crippen LogP contribution >= 0.6 is 11.3 Å². The van der Waals surface area contributed by atoms with Crippen LogP contribution < -0.4 is 5.32 Å². The third-order valence-electron chi connectivity index (χ3n) is 3.15. The Morgan fingerprint density at radius 1 is 1.35 bits per heavy atom. The fourth-order valence-electron chi connectivity index (χ4n) is 2.06. The largest absolute Gasteiger partial charge is 0.385 e. The molecule has 0 unspecified atom stereocenters. The van der Waals surface area contributed by atoms with Gasteiger partial charge in [-0.05, 0) is 43.5 Å². The van der Waals surface area contributed by atoms with Crippen molar-refractivity contribution in [3.8, 4) is 0 Å². The van der Waals surface area contributed by atoms with Gasteiger partial charge in [0.1, 0.15) is 0 Å². The molecule has 2 rings (SSSR count). The van der Waals surface area contributed by atoms with E-state index in [1.165, 1.54) is 10.6 Å². The summed E-state index contributed by atoms with van der Waals surface area (Å²) in [6.07, 6.45) is 4.14. The summed E-state index contributed by atoms with van der Waals surface area (Å²) in [6.45, 7) is 5.15. The molecule has 0 radical (unpaired) electrons. The molecule has 108 valence electrons. The number of hydrogen-bond donors (Lipinski definition) is 1. The molecule has 0 saturated carbocycles. The van der Waals surface area contributed by atoms with Gasteiger partial charge in [0.2, 0.25) is 0 Å². The Kier molecular flexibility index (Phi) is 6.02. The molecule has 0 aliphatic rings. The Morgan fingerprint density at radius 2 is 2.25 bits per heavy atom. The van der Waals surface area contributed by atoms with Gasteiger partial charge in [-0.1, -0.05) is 13.0 Å². The molecule has 0 spiro atoms. The highest BCUT2D eigenvalue weighted by molar-refractivity contribution is 7.09. The molecule has 0 aliphatic heterocycles. The van der Waals surface area contributed by atoms with Gasteiger partial charge in [0, 0.05) is 36.4 Å². The first kappa shape index (κ1) is 15.0. The molecule has 2 aromatic rings. The van der Waals surface area contributed by atoms with Crippen LogP contribution in [0.25, 0.3) is 0 Å². The Morgan fingerprint density at radius 3 is 3.00 bits per heavy atom. The first-order valence-electron chi connectivity index (χ1n) is 7.17. The van der Waals surface area contributed by atoms with E-state index in [0.717, 1.165) is 38.2 Å². The summed E-state index contributed by atoms with van der Waals surface area (Å²) in [5, 5.41) is 5.54. The first-order chi connectivity index (χ1) is 9.78. The summed E-state index contributed by atoms with van der Waals surface area (Å²) in [5.74, 6) is 0. The Hall–Kier alpha value is -1.39. The maximum absolute atomic E-state index is 4.45. The summed E-state index contributed by atoms with van der Waals surface area (Å²) < 4.78 is 0. The number of rotatable bonds is 8. The fourth-order valence-corrected chi connectivity index (χ4v) is 2.75. The minimum Gasteiger partial charge on any atom is -0.385 e. The van der Waals surface area contributed by atoms with Crippen molar-refractivity contribution in [1.82, 2.24) is 9.88 Å². The van der Waals surface area contributed by atoms with Gasteiger partial charge in [-0.3, -0.25) is 4.98 Å². The summed E-state index contributed by atoms with van der Waals surface area (Å²) in [6, 6.07) is 8.50. The zero-order valence-corrected chi connectivity index (χ0v) is 13.1. The van der Waals surface area contributed by atoms with Crippen molar-refractivity contribution in [1.29, 1.82) is 0 Å². The molecule has 1 N–H and O–H groups in total. The molecule has 0 amide bonds. The summed E-state index contributed by atoms with van der Waals surface area (Å²) in [4.78, 5) is 8.23. The van der Waals surface area contributed by atoms with E-state index in [9.17, 15) is 0 Å². The second-order valence-electron chi connectivity index (χ2n) is 5.03. The number of aromatic nitrogens is 1. The van der Waals surface area contributed by atoms with E-state index in [0.29, 0.717) is 0 Å². The van der Waals surface area contributed by atoms with Crippen molar-refractivity contribution in [2.24, 2.45) is 0 Å². The smallest absolute Gasteiger partial charge is 0.0564 e. The summed E-state index contributed by atoms with van der Waals surface area (Å²) >= 11 is 1.83. The monoisotopic (exact) mass is 289 g/mol. The third kappa shape index (κ3) is 4.94. The molecule has 2 aromatic heterocycles. The van der Waals surface area contributed by atoms with Gasteiger partial charge in [0.05, 0.1) is 5.69 Å². The van der Waals surface area contributed by atoms with Crippen molar-refractivity contribution >= 4 is 17.0 Å². The molecule has 20 heavy (non-hydrogen) atoms. The normalized spacial score (nSPS) is 10.9. The highest BCUT2D eigenvalue weighted by atomic mass is 32.1. The minimum absolute atomic E-state index is 0.896. The molecule has 0 aliphatic carbocycles. The highest BCUT2D eigenvalue weighted by Gasteiger charge is 2.03. The molecular weight excluding hydrogens is 266 g/mol. The first-order valence-corrected chi connectivity index (χ1v) is 8.05. The van der Waals surface area contributed by atoms with E-state index in [1.807, 2.05) is 23.6 Å². The Balaban J connectivity index is 1.82. The molecule has 4 heteroatoms. The van der Waals surface area contributed by atoms with Crippen molar-refractivity contribution in [3.05, 3.63) is 46.4 Å². The van der Waals surface area contributed by atoms with Gasteiger partial charge in [0.25, 0.3) is 0 Å². The van der Waals surface area contributed by atoms with Crippen LogP contribution in [-0.4, -0.2) is 30.0 Å². The van der Waals surface area contributed by atoms with Gasteiger partial charge in [-0.25, -0.2) is 0 Å². The van der Waals surface area contributed by atoms with Gasteiger partial charge < -0.3 is 10.2 Å². The number of likely N-dealkylation sites (N-methyl/N-ethyl adjacent to an activating group) is 1. The molecule has 2 heterocycles. The third-order valence-corrected chi connectivity index (χ3v) is 4.08. The molecule has 0 fully saturated rings. The molecule has 0 bridgehead atoms. The molecule has 0 atom stereocenters. The average Bonchev–Trinajstić information content (AvgIpc) is 2.97. The van der Waals surface area contributed by atoms with E-state index in [2.05, 4.69) is 52.8 Å². The van der Waals surface area contributed by atoms with Crippen LogP contribution in [0.2, 0.25) is 0 Å². The quantitative estimate of drug-likeness (QED) is 0.804. The lowest BCUT2D eigenvalue weighted by Gasteiger charge is -2.16. The highest BCUT2D eigenvalue weighted by Crippen LogP contribution is 2.12. The summed E-state index contributed by atoms with van der Waals surface area (Å²) in [7, 11) is 2.15. The molecular formula is C16H23N3S. The minimum atomic E-state index is 0.896. The van der Waals surface area contributed by atoms with Gasteiger partial charge >= 0.3 is 0 Å². The lowest BCUT2D eigenvalue weighted by molar-refractivity contribution is 0.328. The second kappa shape index (κ2) is 8.02. The molecule has 0 saturated heterocycles. The predicted molar refractivity (Wildman–Crippen MR) is 87.4 cm³/mol. The standard InChI is InChI=1S/C16H23N3S/c1-3-8-17-14-6-9-18-15(12-14)13-19(2)10-7-16-5-4-11-20-16/h4-6,9,11-12H,3,7-8,10,13H2,1-2H3,(H,17,18). The van der Waals surface area contributed by atoms with Crippen molar-refractivity contribution in [2.45, 2.75) is 26.3 Å². The van der Waals surface area contributed by atoms with Gasteiger partial charge in [0.15, 0.2) is 0 Å². The number of nitrogens with one attached hydrogen (secondary N) is 1. The number of hydrogen-bond acceptors (Lipinski definition) is 4. The van der Waals surface area contributed by atoms with Gasteiger partial charge in [-0.2, -0.15) is 0 Å². The molecule has 0 aromatic carbocycles. The van der Waals surface area contributed by atoms with Crippen molar-refractivity contribution < 1.29 is 0 Å². The lowest BCUT2D eigenvalue weighted by atomic mass is 10.2. The number of pyridine rings is 1. The van der Waals surface area contributed by atoms with Crippen LogP contribution in [0.15, 0.2) is 35.8 Å².